The molecule has 7 nitrogen and oxygen atoms in total. The molecule has 2 aliphatic heterocycles. The lowest BCUT2D eigenvalue weighted by atomic mass is 9.85. The van der Waals surface area contributed by atoms with E-state index in [0.717, 1.165) is 59.3 Å². The number of halogens is 1. The summed E-state index contributed by atoms with van der Waals surface area (Å²) in [7, 11) is 0. The highest BCUT2D eigenvalue weighted by Crippen LogP contribution is 2.48. The predicted octanol–water partition coefficient (Wildman–Crippen LogP) is 4.35. The molecule has 6 rings (SSSR count). The van der Waals surface area contributed by atoms with Crippen molar-refractivity contribution < 1.29 is 14.6 Å². The predicted molar refractivity (Wildman–Crippen MR) is 139 cm³/mol. The van der Waals surface area contributed by atoms with Crippen LogP contribution in [0.5, 0.6) is 0 Å². The Labute approximate surface area is 215 Å². The van der Waals surface area contributed by atoms with Crippen LogP contribution < -0.4 is 5.32 Å². The zero-order chi connectivity index (χ0) is 24.9. The maximum atomic E-state index is 12.8. The van der Waals surface area contributed by atoms with Gasteiger partial charge in [-0.1, -0.05) is 11.6 Å². The first-order valence-corrected chi connectivity index (χ1v) is 13.1. The van der Waals surface area contributed by atoms with Gasteiger partial charge in [0.05, 0.1) is 24.9 Å². The Hall–Kier alpha value is -2.58. The normalized spacial score (nSPS) is 28.9. The van der Waals surface area contributed by atoms with E-state index in [4.69, 9.17) is 16.3 Å². The van der Waals surface area contributed by atoms with E-state index >= 15 is 0 Å². The number of likely N-dealkylation sites (tertiary alicyclic amines) is 1. The van der Waals surface area contributed by atoms with Crippen molar-refractivity contribution >= 4 is 34.1 Å². The Morgan fingerprint density at radius 1 is 1.19 bits per heavy atom. The fraction of sp³-hybridized carbons (Fsp3) is 0.464. The van der Waals surface area contributed by atoms with E-state index in [0.29, 0.717) is 24.9 Å². The first-order chi connectivity index (χ1) is 17.4. The second-order valence-corrected chi connectivity index (χ2v) is 11.1. The fourth-order valence-corrected chi connectivity index (χ4v) is 6.23. The molecule has 36 heavy (non-hydrogen) atoms. The Kier molecular flexibility index (Phi) is 6.20. The monoisotopic (exact) mass is 506 g/mol. The van der Waals surface area contributed by atoms with E-state index < -0.39 is 6.10 Å². The van der Waals surface area contributed by atoms with Crippen LogP contribution in [0.3, 0.4) is 0 Å². The molecule has 2 aromatic heterocycles. The van der Waals surface area contributed by atoms with Crippen LogP contribution >= 0.6 is 11.6 Å². The number of aromatic nitrogens is 2. The topological polar surface area (TPSA) is 87.6 Å². The van der Waals surface area contributed by atoms with Gasteiger partial charge in [0, 0.05) is 34.9 Å². The number of hydrogen-bond donors (Lipinski definition) is 2. The number of amides is 1. The van der Waals surface area contributed by atoms with Crippen LogP contribution in [0.1, 0.15) is 49.1 Å². The van der Waals surface area contributed by atoms with E-state index in [-0.39, 0.29) is 23.3 Å². The van der Waals surface area contributed by atoms with Crippen LogP contribution in [0, 0.1) is 5.92 Å². The molecule has 2 N–H and O–H groups in total. The van der Waals surface area contributed by atoms with Gasteiger partial charge in [-0.25, -0.2) is 4.98 Å². The van der Waals surface area contributed by atoms with Crippen LogP contribution in [-0.2, 0) is 9.53 Å². The van der Waals surface area contributed by atoms with Crippen molar-refractivity contribution in [2.24, 2.45) is 5.92 Å². The van der Waals surface area contributed by atoms with Gasteiger partial charge < -0.3 is 15.2 Å². The van der Waals surface area contributed by atoms with Crippen LogP contribution in [-0.4, -0.2) is 63.8 Å². The molecule has 4 atom stereocenters. The van der Waals surface area contributed by atoms with Crippen molar-refractivity contribution in [2.75, 3.05) is 31.6 Å². The van der Waals surface area contributed by atoms with Crippen molar-refractivity contribution in [3.05, 3.63) is 65.1 Å². The maximum Gasteiger partial charge on any atom is 0.229 e. The van der Waals surface area contributed by atoms with Crippen molar-refractivity contribution in [2.45, 2.75) is 49.7 Å². The van der Waals surface area contributed by atoms with E-state index in [1.807, 2.05) is 24.3 Å². The molecule has 0 unspecified atom stereocenters. The number of nitrogens with one attached hydrogen (secondary N) is 1. The average Bonchev–Trinajstić information content (AvgIpc) is 3.63. The number of rotatable bonds is 5. The smallest absolute Gasteiger partial charge is 0.229 e. The third-order valence-corrected chi connectivity index (χ3v) is 8.72. The molecule has 1 saturated carbocycles. The largest absolute Gasteiger partial charge is 0.389 e. The van der Waals surface area contributed by atoms with Gasteiger partial charge in [-0.15, -0.1) is 0 Å². The number of pyridine rings is 2. The first kappa shape index (κ1) is 23.8. The summed E-state index contributed by atoms with van der Waals surface area (Å²) in [4.78, 5) is 23.7. The van der Waals surface area contributed by atoms with Crippen LogP contribution in [0.2, 0.25) is 5.02 Å². The highest BCUT2D eigenvalue weighted by Gasteiger charge is 2.45. The Morgan fingerprint density at radius 3 is 2.69 bits per heavy atom. The molecule has 188 valence electrons. The SMILES string of the molecule is C[C@@]1(N2CCC(c3cc4cc(NC(=O)[C@@H]5C[C@H]5c5ccncc5)ncc4cc3Cl)CC2)COC[C@@H]1O. The summed E-state index contributed by atoms with van der Waals surface area (Å²) in [5, 5.41) is 16.2. The summed E-state index contributed by atoms with van der Waals surface area (Å²) in [6.07, 6.45) is 7.67. The van der Waals surface area contributed by atoms with Crippen molar-refractivity contribution in [1.82, 2.24) is 14.9 Å². The second-order valence-electron chi connectivity index (χ2n) is 10.7. The molecule has 4 heterocycles. The molecule has 1 amide bonds. The Bertz CT molecular complexity index is 1280. The third kappa shape index (κ3) is 4.39. The van der Waals surface area contributed by atoms with E-state index in [9.17, 15) is 9.90 Å². The molecule has 3 fully saturated rings. The number of carbonyl (C=O) groups excluding carboxylic acids is 1. The number of benzene rings is 1. The number of fused-ring (bicyclic) bond motifs is 1. The highest BCUT2D eigenvalue weighted by molar-refractivity contribution is 6.32. The molecule has 3 aliphatic rings. The van der Waals surface area contributed by atoms with Gasteiger partial charge in [0.25, 0.3) is 0 Å². The second kappa shape index (κ2) is 9.38. The van der Waals surface area contributed by atoms with Crippen LogP contribution in [0.25, 0.3) is 10.8 Å². The number of carbonyl (C=O) groups is 1. The molecular formula is C28H31ClN4O3. The van der Waals surface area contributed by atoms with Gasteiger partial charge in [0.2, 0.25) is 5.91 Å². The number of anilines is 1. The molecule has 0 spiro atoms. The van der Waals surface area contributed by atoms with Gasteiger partial charge in [0.1, 0.15) is 5.82 Å². The summed E-state index contributed by atoms with van der Waals surface area (Å²) in [5.74, 6) is 1.15. The summed E-state index contributed by atoms with van der Waals surface area (Å²) < 4.78 is 5.54. The van der Waals surface area contributed by atoms with Gasteiger partial charge >= 0.3 is 0 Å². The third-order valence-electron chi connectivity index (χ3n) is 8.40. The minimum atomic E-state index is -0.449. The zero-order valence-corrected chi connectivity index (χ0v) is 21.1. The maximum absolute atomic E-state index is 12.8. The number of piperidine rings is 1. The highest BCUT2D eigenvalue weighted by atomic mass is 35.5. The fourth-order valence-electron chi connectivity index (χ4n) is 5.90. The number of aliphatic hydroxyl groups is 1. The van der Waals surface area contributed by atoms with E-state index in [1.165, 1.54) is 0 Å². The summed E-state index contributed by atoms with van der Waals surface area (Å²) >= 11 is 6.72. The van der Waals surface area contributed by atoms with Gasteiger partial charge in [-0.3, -0.25) is 14.7 Å². The summed E-state index contributed by atoms with van der Waals surface area (Å²) in [5.41, 5.74) is 1.99. The molecule has 0 radical (unpaired) electrons. The van der Waals surface area contributed by atoms with Crippen molar-refractivity contribution in [1.29, 1.82) is 0 Å². The minimum Gasteiger partial charge on any atom is -0.389 e. The minimum absolute atomic E-state index is 0.0109. The molecule has 3 aromatic rings. The van der Waals surface area contributed by atoms with E-state index in [2.05, 4.69) is 33.2 Å². The molecule has 2 saturated heterocycles. The summed E-state index contributed by atoms with van der Waals surface area (Å²) in [6.45, 7) is 4.87. The number of ether oxygens (including phenoxy) is 1. The first-order valence-electron chi connectivity index (χ1n) is 12.7. The number of aliphatic hydroxyl groups excluding tert-OH is 1. The molecular weight excluding hydrogens is 476 g/mol. The quantitative estimate of drug-likeness (QED) is 0.535. The van der Waals surface area contributed by atoms with Crippen molar-refractivity contribution in [3.8, 4) is 0 Å². The van der Waals surface area contributed by atoms with Gasteiger partial charge in [0.15, 0.2) is 0 Å². The van der Waals surface area contributed by atoms with Crippen LogP contribution in [0.4, 0.5) is 5.82 Å². The number of hydrogen-bond acceptors (Lipinski definition) is 6. The zero-order valence-electron chi connectivity index (χ0n) is 20.4. The Balaban J connectivity index is 1.15. The van der Waals surface area contributed by atoms with Gasteiger partial charge in [-0.2, -0.15) is 0 Å². The van der Waals surface area contributed by atoms with Crippen molar-refractivity contribution in [3.63, 3.8) is 0 Å². The Morgan fingerprint density at radius 2 is 1.97 bits per heavy atom. The van der Waals surface area contributed by atoms with Gasteiger partial charge in [-0.05, 0) is 98.0 Å². The number of nitrogens with zero attached hydrogens (tertiary/aromatic N) is 3. The standard InChI is InChI=1S/C28H31ClN4O3/c1-28(16-36-15-25(28)34)33-8-4-18(5-9-33)22-10-19-12-26(31-14-20(19)11-24(22)29)32-27(35)23-13-21(23)17-2-6-30-7-3-17/h2-3,6-7,10-12,14,18,21,23,25,34H,4-5,8-9,13,15-16H2,1H3,(H,31,32,35)/t21-,23+,25-,28+/m0/s1. The molecule has 8 heteroatoms. The average molecular weight is 507 g/mol. The molecule has 0 bridgehead atoms. The van der Waals surface area contributed by atoms with E-state index in [1.54, 1.807) is 18.6 Å². The molecule has 1 aromatic carbocycles. The lowest BCUT2D eigenvalue weighted by Crippen LogP contribution is -2.56. The summed E-state index contributed by atoms with van der Waals surface area (Å²) in [6, 6.07) is 10.0. The lowest BCUT2D eigenvalue weighted by Gasteiger charge is -2.43. The lowest BCUT2D eigenvalue weighted by molar-refractivity contribution is -0.117. The van der Waals surface area contributed by atoms with Crippen LogP contribution in [0.15, 0.2) is 48.9 Å². The molecule has 1 aliphatic carbocycles.